The number of rotatable bonds is 7. The van der Waals surface area contributed by atoms with Gasteiger partial charge in [0.2, 0.25) is 0 Å². The Bertz CT molecular complexity index is 726. The zero-order chi connectivity index (χ0) is 16.9. The minimum absolute atomic E-state index is 0.510. The molecule has 124 valence electrons. The van der Waals surface area contributed by atoms with E-state index in [2.05, 4.69) is 10.0 Å². The van der Waals surface area contributed by atoms with Gasteiger partial charge >= 0.3 is 10.2 Å². The van der Waals surface area contributed by atoms with Gasteiger partial charge in [0.15, 0.2) is 0 Å². The third-order valence-corrected chi connectivity index (χ3v) is 4.52. The fraction of sp³-hybridized carbons (Fsp3) is 0.250. The number of benzene rings is 2. The maximum absolute atomic E-state index is 11.7. The molecule has 0 aliphatic heterocycles. The van der Waals surface area contributed by atoms with Gasteiger partial charge in [-0.2, -0.15) is 12.7 Å². The van der Waals surface area contributed by atoms with E-state index < -0.39 is 10.2 Å². The Morgan fingerprint density at radius 3 is 1.87 bits per heavy atom. The summed E-state index contributed by atoms with van der Waals surface area (Å²) in [6.45, 7) is 2.58. The summed E-state index contributed by atoms with van der Waals surface area (Å²) < 4.78 is 32.5. The number of nitrogens with one attached hydrogen (secondary N) is 2. The first-order valence-electron chi connectivity index (χ1n) is 7.21. The van der Waals surface area contributed by atoms with Gasteiger partial charge in [-0.1, -0.05) is 0 Å². The maximum Gasteiger partial charge on any atom is 0.301 e. The molecule has 0 amide bonds. The van der Waals surface area contributed by atoms with Crippen molar-refractivity contribution in [2.24, 2.45) is 0 Å². The SMILES string of the molecule is CCOc1ccc(Nc2ccc(NS(=O)(=O)N(C)C)cc2)cc1. The van der Waals surface area contributed by atoms with Crippen LogP contribution in [0.15, 0.2) is 48.5 Å². The van der Waals surface area contributed by atoms with E-state index in [1.807, 2.05) is 43.3 Å². The van der Waals surface area contributed by atoms with Gasteiger partial charge in [0.1, 0.15) is 5.75 Å². The molecule has 7 heteroatoms. The summed E-state index contributed by atoms with van der Waals surface area (Å²) in [7, 11) is -0.531. The minimum atomic E-state index is -3.48. The highest BCUT2D eigenvalue weighted by molar-refractivity contribution is 7.90. The second-order valence-corrected chi connectivity index (χ2v) is 6.93. The molecule has 2 aromatic rings. The van der Waals surface area contributed by atoms with E-state index in [4.69, 9.17) is 4.74 Å². The fourth-order valence-corrected chi connectivity index (χ4v) is 2.45. The quantitative estimate of drug-likeness (QED) is 0.816. The molecule has 0 heterocycles. The summed E-state index contributed by atoms with van der Waals surface area (Å²) in [5.41, 5.74) is 2.30. The highest BCUT2D eigenvalue weighted by Crippen LogP contribution is 2.22. The first-order chi connectivity index (χ1) is 10.9. The summed E-state index contributed by atoms with van der Waals surface area (Å²) >= 11 is 0. The lowest BCUT2D eigenvalue weighted by Crippen LogP contribution is -2.28. The molecule has 0 saturated carbocycles. The molecule has 0 atom stereocenters. The molecule has 0 fully saturated rings. The van der Waals surface area contributed by atoms with Crippen molar-refractivity contribution in [2.45, 2.75) is 6.92 Å². The predicted molar refractivity (Wildman–Crippen MR) is 93.6 cm³/mol. The highest BCUT2D eigenvalue weighted by Gasteiger charge is 2.12. The average Bonchev–Trinajstić information content (AvgIpc) is 2.51. The van der Waals surface area contributed by atoms with Crippen molar-refractivity contribution < 1.29 is 13.2 Å². The van der Waals surface area contributed by atoms with Gasteiger partial charge in [0.05, 0.1) is 6.61 Å². The molecule has 0 aromatic heterocycles. The van der Waals surface area contributed by atoms with Crippen LogP contribution in [-0.2, 0) is 10.2 Å². The minimum Gasteiger partial charge on any atom is -0.494 e. The van der Waals surface area contributed by atoms with Crippen LogP contribution in [0.4, 0.5) is 17.1 Å². The van der Waals surface area contributed by atoms with Crippen LogP contribution in [0.25, 0.3) is 0 Å². The van der Waals surface area contributed by atoms with Crippen LogP contribution in [-0.4, -0.2) is 33.4 Å². The Morgan fingerprint density at radius 1 is 0.913 bits per heavy atom. The second kappa shape index (κ2) is 7.34. The van der Waals surface area contributed by atoms with Crippen LogP contribution < -0.4 is 14.8 Å². The van der Waals surface area contributed by atoms with Crippen LogP contribution >= 0.6 is 0 Å². The van der Waals surface area contributed by atoms with E-state index in [9.17, 15) is 8.42 Å². The molecule has 2 aromatic carbocycles. The Balaban J connectivity index is 2.02. The Labute approximate surface area is 137 Å². The lowest BCUT2D eigenvalue weighted by atomic mass is 10.2. The molecule has 0 saturated heterocycles. The monoisotopic (exact) mass is 335 g/mol. The van der Waals surface area contributed by atoms with Crippen molar-refractivity contribution in [1.82, 2.24) is 4.31 Å². The largest absolute Gasteiger partial charge is 0.494 e. The first kappa shape index (κ1) is 17.1. The summed E-state index contributed by atoms with van der Waals surface area (Å²) in [4.78, 5) is 0. The molecule has 2 rings (SSSR count). The van der Waals surface area contributed by atoms with Crippen molar-refractivity contribution in [3.8, 4) is 5.75 Å². The van der Waals surface area contributed by atoms with Crippen LogP contribution in [0.1, 0.15) is 6.92 Å². The number of hydrogen-bond acceptors (Lipinski definition) is 4. The summed E-state index contributed by atoms with van der Waals surface area (Å²) in [5.74, 6) is 0.825. The molecule has 23 heavy (non-hydrogen) atoms. The van der Waals surface area contributed by atoms with Crippen LogP contribution in [0.2, 0.25) is 0 Å². The van der Waals surface area contributed by atoms with E-state index in [0.29, 0.717) is 12.3 Å². The number of ether oxygens (including phenoxy) is 1. The van der Waals surface area contributed by atoms with E-state index in [-0.39, 0.29) is 0 Å². The maximum atomic E-state index is 11.7. The van der Waals surface area contributed by atoms with Crippen molar-refractivity contribution in [3.05, 3.63) is 48.5 Å². The summed E-state index contributed by atoms with van der Waals surface area (Å²) in [5, 5.41) is 3.24. The van der Waals surface area contributed by atoms with Crippen molar-refractivity contribution in [1.29, 1.82) is 0 Å². The van der Waals surface area contributed by atoms with Crippen molar-refractivity contribution in [3.63, 3.8) is 0 Å². The van der Waals surface area contributed by atoms with Gasteiger partial charge in [-0.25, -0.2) is 0 Å². The highest BCUT2D eigenvalue weighted by atomic mass is 32.2. The van der Waals surface area contributed by atoms with E-state index >= 15 is 0 Å². The molecule has 0 aliphatic carbocycles. The predicted octanol–water partition coefficient (Wildman–Crippen LogP) is 3.05. The molecular weight excluding hydrogens is 314 g/mol. The van der Waals surface area contributed by atoms with Crippen LogP contribution in [0.5, 0.6) is 5.75 Å². The average molecular weight is 335 g/mol. The standard InChI is InChI=1S/C16H21N3O3S/c1-4-22-16-11-9-14(10-12-16)17-13-5-7-15(8-6-13)18-23(20,21)19(2)3/h5-12,17-18H,4H2,1-3H3. The summed E-state index contributed by atoms with van der Waals surface area (Å²) in [6, 6.07) is 14.7. The first-order valence-corrected chi connectivity index (χ1v) is 8.65. The normalized spacial score (nSPS) is 11.3. The zero-order valence-corrected chi connectivity index (χ0v) is 14.2. The zero-order valence-electron chi connectivity index (χ0n) is 13.4. The third kappa shape index (κ3) is 4.87. The molecule has 0 aliphatic rings. The summed E-state index contributed by atoms with van der Waals surface area (Å²) in [6.07, 6.45) is 0. The molecule has 0 bridgehead atoms. The molecule has 6 nitrogen and oxygen atoms in total. The Hall–Kier alpha value is -2.25. The lowest BCUT2D eigenvalue weighted by Gasteiger charge is -2.14. The van der Waals surface area contributed by atoms with Crippen molar-refractivity contribution >= 4 is 27.3 Å². The van der Waals surface area contributed by atoms with E-state index in [1.165, 1.54) is 14.1 Å². The van der Waals surface area contributed by atoms with Crippen LogP contribution in [0, 0.1) is 0 Å². The molecule has 2 N–H and O–H groups in total. The topological polar surface area (TPSA) is 70.7 Å². The lowest BCUT2D eigenvalue weighted by molar-refractivity contribution is 0.340. The van der Waals surface area contributed by atoms with Gasteiger partial charge in [-0.05, 0) is 55.5 Å². The van der Waals surface area contributed by atoms with Gasteiger partial charge in [0, 0.05) is 31.2 Å². The van der Waals surface area contributed by atoms with Gasteiger partial charge in [-0.3, -0.25) is 4.72 Å². The smallest absolute Gasteiger partial charge is 0.301 e. The second-order valence-electron chi connectivity index (χ2n) is 5.05. The molecular formula is C16H21N3O3S. The van der Waals surface area contributed by atoms with E-state index in [0.717, 1.165) is 21.4 Å². The molecule has 0 spiro atoms. The number of nitrogens with zero attached hydrogens (tertiary/aromatic N) is 1. The molecule has 0 radical (unpaired) electrons. The number of anilines is 3. The fourth-order valence-electron chi connectivity index (χ4n) is 1.83. The van der Waals surface area contributed by atoms with Crippen molar-refractivity contribution in [2.75, 3.05) is 30.7 Å². The van der Waals surface area contributed by atoms with Gasteiger partial charge in [0.25, 0.3) is 0 Å². The van der Waals surface area contributed by atoms with Gasteiger partial charge < -0.3 is 10.1 Å². The Kier molecular flexibility index (Phi) is 5.46. The third-order valence-electron chi connectivity index (χ3n) is 3.07. The van der Waals surface area contributed by atoms with Crippen LogP contribution in [0.3, 0.4) is 0 Å². The van der Waals surface area contributed by atoms with Gasteiger partial charge in [-0.15, -0.1) is 0 Å². The van der Waals surface area contributed by atoms with E-state index in [1.54, 1.807) is 12.1 Å². The number of hydrogen-bond donors (Lipinski definition) is 2. The Morgan fingerprint density at radius 2 is 1.39 bits per heavy atom. The molecule has 0 unspecified atom stereocenters.